The number of phenolic OH excluding ortho intramolecular Hbond substituents is 1. The van der Waals surface area contributed by atoms with Crippen molar-refractivity contribution in [2.75, 3.05) is 0 Å². The molecule has 0 aliphatic heterocycles. The van der Waals surface area contributed by atoms with Gasteiger partial charge < -0.3 is 5.11 Å². The Morgan fingerprint density at radius 3 is 2.38 bits per heavy atom. The maximum Gasteiger partial charge on any atom is 0.377 e. The number of carbonyl (C=O) groups excluding carboxylic acids is 1. The van der Waals surface area contributed by atoms with E-state index in [1.54, 1.807) is 24.3 Å². The van der Waals surface area contributed by atoms with Crippen LogP contribution in [0.3, 0.4) is 0 Å². The van der Waals surface area contributed by atoms with Crippen molar-refractivity contribution in [3.8, 4) is 5.75 Å². The maximum atomic E-state index is 13.3. The minimum atomic E-state index is -0.837. The van der Waals surface area contributed by atoms with Crippen LogP contribution in [0.25, 0.3) is 5.57 Å². The van der Waals surface area contributed by atoms with Gasteiger partial charge in [0.1, 0.15) is 23.7 Å². The lowest BCUT2D eigenvalue weighted by Crippen LogP contribution is -2.11. The molecule has 0 saturated heterocycles. The van der Waals surface area contributed by atoms with Gasteiger partial charge in [-0.2, -0.15) is 4.89 Å². The van der Waals surface area contributed by atoms with E-state index in [0.29, 0.717) is 28.7 Å². The van der Waals surface area contributed by atoms with Crippen LogP contribution in [0.15, 0.2) is 85.0 Å². The second kappa shape index (κ2) is 10.6. The monoisotopic (exact) mass is 432 g/mol. The molecular formula is C27H25FO4. The fourth-order valence-corrected chi connectivity index (χ4v) is 3.14. The molecule has 3 rings (SSSR count). The molecule has 0 aliphatic carbocycles. The van der Waals surface area contributed by atoms with Crippen LogP contribution >= 0.6 is 0 Å². The number of carbonyl (C=O) groups is 1. The molecule has 1 N–H and O–H groups in total. The summed E-state index contributed by atoms with van der Waals surface area (Å²) >= 11 is 0. The highest BCUT2D eigenvalue weighted by molar-refractivity contribution is 6.00. The van der Waals surface area contributed by atoms with Crippen molar-refractivity contribution in [2.45, 2.75) is 26.9 Å². The summed E-state index contributed by atoms with van der Waals surface area (Å²) in [6.45, 7) is 8.02. The molecule has 3 aromatic rings. The van der Waals surface area contributed by atoms with Gasteiger partial charge >= 0.3 is 5.97 Å². The van der Waals surface area contributed by atoms with Crippen LogP contribution in [-0.4, -0.2) is 11.1 Å². The fourth-order valence-electron chi connectivity index (χ4n) is 3.14. The first-order chi connectivity index (χ1) is 15.4. The normalized spacial score (nSPS) is 10.5. The lowest BCUT2D eigenvalue weighted by Gasteiger charge is -2.15. The second-order valence-corrected chi connectivity index (χ2v) is 7.59. The average Bonchev–Trinajstić information content (AvgIpc) is 2.78. The van der Waals surface area contributed by atoms with Gasteiger partial charge in [0.05, 0.1) is 0 Å². The molecule has 0 atom stereocenters. The Kier molecular flexibility index (Phi) is 7.58. The van der Waals surface area contributed by atoms with Crippen LogP contribution in [0.5, 0.6) is 5.75 Å². The maximum absolute atomic E-state index is 13.3. The summed E-state index contributed by atoms with van der Waals surface area (Å²) in [7, 11) is 0. The summed E-state index contributed by atoms with van der Waals surface area (Å²) in [6.07, 6.45) is 2.40. The van der Waals surface area contributed by atoms with Gasteiger partial charge in [0.2, 0.25) is 0 Å². The van der Waals surface area contributed by atoms with E-state index in [1.165, 1.54) is 12.1 Å². The zero-order valence-corrected chi connectivity index (χ0v) is 18.1. The molecular weight excluding hydrogens is 407 g/mol. The Morgan fingerprint density at radius 1 is 1.03 bits per heavy atom. The number of hydrogen-bond acceptors (Lipinski definition) is 4. The zero-order valence-electron chi connectivity index (χ0n) is 18.1. The molecule has 0 radical (unpaired) electrons. The molecule has 0 saturated carbocycles. The Hall–Kier alpha value is -3.70. The van der Waals surface area contributed by atoms with E-state index in [-0.39, 0.29) is 23.7 Å². The van der Waals surface area contributed by atoms with Crippen LogP contribution in [0, 0.1) is 5.82 Å². The molecule has 164 valence electrons. The Morgan fingerprint density at radius 2 is 1.72 bits per heavy atom. The van der Waals surface area contributed by atoms with Crippen molar-refractivity contribution in [1.82, 2.24) is 0 Å². The number of halogens is 1. The average molecular weight is 432 g/mol. The SMILES string of the molecule is C=C(c1ccc(F)cc1)c1ccc(CC=C(C)C)c(O)c1C(=O)OOCc1ccccc1. The predicted molar refractivity (Wildman–Crippen MR) is 122 cm³/mol. The number of rotatable bonds is 8. The summed E-state index contributed by atoms with van der Waals surface area (Å²) in [5, 5.41) is 10.9. The summed E-state index contributed by atoms with van der Waals surface area (Å²) in [5.74, 6) is -1.41. The number of phenols is 1. The predicted octanol–water partition coefficient (Wildman–Crippen LogP) is 6.39. The zero-order chi connectivity index (χ0) is 23.1. The van der Waals surface area contributed by atoms with Crippen molar-refractivity contribution in [3.05, 3.63) is 119 Å². The van der Waals surface area contributed by atoms with Gasteiger partial charge in [0.15, 0.2) is 0 Å². The molecule has 0 aliphatic rings. The molecule has 0 heterocycles. The molecule has 3 aromatic carbocycles. The van der Waals surface area contributed by atoms with Crippen molar-refractivity contribution < 1.29 is 24.1 Å². The first kappa shape index (κ1) is 23.0. The van der Waals surface area contributed by atoms with Gasteiger partial charge in [-0.15, -0.1) is 0 Å². The Balaban J connectivity index is 1.92. The van der Waals surface area contributed by atoms with Crippen LogP contribution in [-0.2, 0) is 22.8 Å². The van der Waals surface area contributed by atoms with Crippen molar-refractivity contribution in [1.29, 1.82) is 0 Å². The third-order valence-corrected chi connectivity index (χ3v) is 4.92. The van der Waals surface area contributed by atoms with E-state index < -0.39 is 5.97 Å². The highest BCUT2D eigenvalue weighted by atomic mass is 19.1. The lowest BCUT2D eigenvalue weighted by atomic mass is 9.92. The quantitative estimate of drug-likeness (QED) is 0.255. The number of aromatic hydroxyl groups is 1. The summed E-state index contributed by atoms with van der Waals surface area (Å²) in [4.78, 5) is 23.1. The van der Waals surface area contributed by atoms with Gasteiger partial charge in [-0.1, -0.05) is 72.8 Å². The molecule has 0 aromatic heterocycles. The first-order valence-electron chi connectivity index (χ1n) is 10.2. The van der Waals surface area contributed by atoms with Crippen molar-refractivity contribution in [2.24, 2.45) is 0 Å². The molecule has 0 unspecified atom stereocenters. The highest BCUT2D eigenvalue weighted by Crippen LogP contribution is 2.34. The van der Waals surface area contributed by atoms with Crippen LogP contribution < -0.4 is 0 Å². The van der Waals surface area contributed by atoms with Gasteiger partial charge in [0, 0.05) is 5.56 Å². The van der Waals surface area contributed by atoms with E-state index in [0.717, 1.165) is 11.1 Å². The van der Waals surface area contributed by atoms with Gasteiger partial charge in [-0.25, -0.2) is 9.18 Å². The minimum Gasteiger partial charge on any atom is -0.507 e. The molecule has 32 heavy (non-hydrogen) atoms. The standard InChI is InChI=1S/C27H25FO4/c1-18(2)9-10-22-13-16-24(19(3)21-11-14-23(28)15-12-21)25(26(22)29)27(30)32-31-17-20-7-5-4-6-8-20/h4-9,11-16,29H,3,10,17H2,1-2H3. The van der Waals surface area contributed by atoms with Crippen LogP contribution in [0.1, 0.15) is 46.5 Å². The smallest absolute Gasteiger partial charge is 0.377 e. The third kappa shape index (κ3) is 5.71. The Bertz CT molecular complexity index is 1130. The van der Waals surface area contributed by atoms with Crippen LogP contribution in [0.2, 0.25) is 0 Å². The molecule has 0 bridgehead atoms. The molecule has 5 heteroatoms. The summed E-state index contributed by atoms with van der Waals surface area (Å²) in [5.41, 5.74) is 3.87. The molecule has 4 nitrogen and oxygen atoms in total. The van der Waals surface area contributed by atoms with Crippen molar-refractivity contribution >= 4 is 11.5 Å². The highest BCUT2D eigenvalue weighted by Gasteiger charge is 2.23. The molecule has 0 amide bonds. The summed E-state index contributed by atoms with van der Waals surface area (Å²) in [6, 6.07) is 18.4. The van der Waals surface area contributed by atoms with Gasteiger partial charge in [-0.05, 0) is 54.7 Å². The number of hydrogen-bond donors (Lipinski definition) is 1. The number of benzene rings is 3. The largest absolute Gasteiger partial charge is 0.507 e. The van der Waals surface area contributed by atoms with E-state index in [1.807, 2.05) is 50.3 Å². The van der Waals surface area contributed by atoms with Gasteiger partial charge in [0.25, 0.3) is 0 Å². The molecule has 0 spiro atoms. The molecule has 0 fully saturated rings. The van der Waals surface area contributed by atoms with Gasteiger partial charge in [-0.3, -0.25) is 4.89 Å². The van der Waals surface area contributed by atoms with E-state index in [9.17, 15) is 14.3 Å². The number of allylic oxidation sites excluding steroid dienone is 2. The first-order valence-corrected chi connectivity index (χ1v) is 10.2. The van der Waals surface area contributed by atoms with Crippen molar-refractivity contribution in [3.63, 3.8) is 0 Å². The lowest BCUT2D eigenvalue weighted by molar-refractivity contribution is -0.250. The van der Waals surface area contributed by atoms with Crippen LogP contribution in [0.4, 0.5) is 4.39 Å². The van der Waals surface area contributed by atoms with E-state index >= 15 is 0 Å². The topological polar surface area (TPSA) is 55.8 Å². The van der Waals surface area contributed by atoms with E-state index in [4.69, 9.17) is 9.78 Å². The Labute approximate surface area is 187 Å². The third-order valence-electron chi connectivity index (χ3n) is 4.92. The fraction of sp³-hybridized carbons (Fsp3) is 0.148. The second-order valence-electron chi connectivity index (χ2n) is 7.59. The summed E-state index contributed by atoms with van der Waals surface area (Å²) < 4.78 is 13.3. The minimum absolute atomic E-state index is 0.0490. The van der Waals surface area contributed by atoms with E-state index in [2.05, 4.69) is 6.58 Å².